The molecule has 5 heteroatoms. The molecule has 1 saturated heterocycles. The second-order valence-corrected chi connectivity index (χ2v) is 5.11. The molecule has 2 unspecified atom stereocenters. The van der Waals surface area contributed by atoms with Gasteiger partial charge in [-0.1, -0.05) is 23.7 Å². The van der Waals surface area contributed by atoms with Gasteiger partial charge in [-0.25, -0.2) is 0 Å². The Morgan fingerprint density at radius 2 is 2.47 bits per heavy atom. The van der Waals surface area contributed by atoms with Gasteiger partial charge >= 0.3 is 0 Å². The quantitative estimate of drug-likeness (QED) is 0.867. The van der Waals surface area contributed by atoms with E-state index in [0.29, 0.717) is 11.6 Å². The van der Waals surface area contributed by atoms with Crippen LogP contribution < -0.4 is 10.6 Å². The Morgan fingerprint density at radius 3 is 3.11 bits per heavy atom. The number of methoxy groups -OCH3 is 1. The average molecular weight is 283 g/mol. The Balaban J connectivity index is 1.90. The molecule has 0 saturated carbocycles. The van der Waals surface area contributed by atoms with Crippen molar-refractivity contribution in [1.29, 1.82) is 0 Å². The third kappa shape index (κ3) is 3.93. The molecule has 0 aromatic heterocycles. The van der Waals surface area contributed by atoms with E-state index in [4.69, 9.17) is 16.3 Å². The molecule has 1 aliphatic heterocycles. The van der Waals surface area contributed by atoms with Crippen molar-refractivity contribution in [2.24, 2.45) is 0 Å². The SMILES string of the molecule is COC(CNC(=O)C1CCCN1)c1cccc(Cl)c1. The largest absolute Gasteiger partial charge is 0.375 e. The number of hydrogen-bond acceptors (Lipinski definition) is 3. The Bertz CT molecular complexity index is 433. The van der Waals surface area contributed by atoms with Gasteiger partial charge in [0.1, 0.15) is 0 Å². The number of nitrogens with one attached hydrogen (secondary N) is 2. The summed E-state index contributed by atoms with van der Waals surface area (Å²) in [6, 6.07) is 7.44. The lowest BCUT2D eigenvalue weighted by molar-refractivity contribution is -0.123. The van der Waals surface area contributed by atoms with E-state index in [0.717, 1.165) is 24.9 Å². The summed E-state index contributed by atoms with van der Waals surface area (Å²) in [5.41, 5.74) is 0.967. The van der Waals surface area contributed by atoms with Crippen molar-refractivity contribution in [3.63, 3.8) is 0 Å². The van der Waals surface area contributed by atoms with Crippen LogP contribution in [-0.4, -0.2) is 32.1 Å². The Labute approximate surface area is 118 Å². The molecular weight excluding hydrogens is 264 g/mol. The second kappa shape index (κ2) is 6.89. The van der Waals surface area contributed by atoms with E-state index in [2.05, 4.69) is 10.6 Å². The molecule has 0 spiro atoms. The maximum absolute atomic E-state index is 11.9. The fourth-order valence-corrected chi connectivity index (χ4v) is 2.47. The molecule has 19 heavy (non-hydrogen) atoms. The van der Waals surface area contributed by atoms with E-state index in [1.807, 2.05) is 24.3 Å². The first-order valence-electron chi connectivity index (χ1n) is 6.50. The molecule has 4 nitrogen and oxygen atoms in total. The standard InChI is InChI=1S/C14H19ClN2O2/c1-19-13(10-4-2-5-11(15)8-10)9-17-14(18)12-6-3-7-16-12/h2,4-5,8,12-13,16H,3,6-7,9H2,1H3,(H,17,18). The first-order valence-corrected chi connectivity index (χ1v) is 6.88. The number of ether oxygens (including phenoxy) is 1. The molecule has 104 valence electrons. The topological polar surface area (TPSA) is 50.4 Å². The molecule has 2 N–H and O–H groups in total. The van der Waals surface area contributed by atoms with Gasteiger partial charge in [-0.3, -0.25) is 4.79 Å². The summed E-state index contributed by atoms with van der Waals surface area (Å²) in [5.74, 6) is 0.0431. The molecule has 1 aliphatic rings. The Hall–Kier alpha value is -1.10. The van der Waals surface area contributed by atoms with Gasteiger partial charge in [0, 0.05) is 18.7 Å². The minimum absolute atomic E-state index is 0.0431. The maximum atomic E-state index is 11.9. The monoisotopic (exact) mass is 282 g/mol. The van der Waals surface area contributed by atoms with Crippen LogP contribution in [0, 0.1) is 0 Å². The Morgan fingerprint density at radius 1 is 1.63 bits per heavy atom. The van der Waals surface area contributed by atoms with Crippen LogP contribution >= 0.6 is 11.6 Å². The highest BCUT2D eigenvalue weighted by Gasteiger charge is 2.22. The van der Waals surface area contributed by atoms with Gasteiger partial charge in [0.2, 0.25) is 5.91 Å². The van der Waals surface area contributed by atoms with Crippen LogP contribution in [0.3, 0.4) is 0 Å². The van der Waals surface area contributed by atoms with Gasteiger partial charge in [0.25, 0.3) is 0 Å². The van der Waals surface area contributed by atoms with E-state index in [-0.39, 0.29) is 18.1 Å². The fourth-order valence-electron chi connectivity index (χ4n) is 2.27. The fraction of sp³-hybridized carbons (Fsp3) is 0.500. The first-order chi connectivity index (χ1) is 9.20. The molecule has 1 amide bonds. The Kier molecular flexibility index (Phi) is 5.19. The third-order valence-electron chi connectivity index (χ3n) is 3.34. The van der Waals surface area contributed by atoms with Crippen molar-refractivity contribution in [3.05, 3.63) is 34.9 Å². The molecule has 0 bridgehead atoms. The number of benzene rings is 1. The van der Waals surface area contributed by atoms with E-state index in [1.165, 1.54) is 0 Å². The number of hydrogen-bond donors (Lipinski definition) is 2. The van der Waals surface area contributed by atoms with E-state index in [9.17, 15) is 4.79 Å². The maximum Gasteiger partial charge on any atom is 0.237 e. The van der Waals surface area contributed by atoms with Gasteiger partial charge in [-0.15, -0.1) is 0 Å². The molecule has 2 atom stereocenters. The molecule has 2 rings (SSSR count). The van der Waals surface area contributed by atoms with Crippen LogP contribution in [0.4, 0.5) is 0 Å². The van der Waals surface area contributed by atoms with E-state index >= 15 is 0 Å². The summed E-state index contributed by atoms with van der Waals surface area (Å²) in [6.07, 6.45) is 1.78. The molecule has 1 fully saturated rings. The van der Waals surface area contributed by atoms with E-state index < -0.39 is 0 Å². The number of carbonyl (C=O) groups excluding carboxylic acids is 1. The van der Waals surface area contributed by atoms with Crippen LogP contribution in [0.2, 0.25) is 5.02 Å². The highest BCUT2D eigenvalue weighted by molar-refractivity contribution is 6.30. The van der Waals surface area contributed by atoms with Gasteiger partial charge in [-0.2, -0.15) is 0 Å². The molecule has 0 aliphatic carbocycles. The van der Waals surface area contributed by atoms with Crippen LogP contribution in [0.5, 0.6) is 0 Å². The van der Waals surface area contributed by atoms with Gasteiger partial charge in [0.05, 0.1) is 12.1 Å². The number of amides is 1. The first kappa shape index (κ1) is 14.3. The smallest absolute Gasteiger partial charge is 0.237 e. The minimum Gasteiger partial charge on any atom is -0.375 e. The molecule has 0 radical (unpaired) electrons. The zero-order valence-electron chi connectivity index (χ0n) is 11.0. The second-order valence-electron chi connectivity index (χ2n) is 4.67. The van der Waals surface area contributed by atoms with Crippen LogP contribution in [-0.2, 0) is 9.53 Å². The van der Waals surface area contributed by atoms with Crippen LogP contribution in [0.25, 0.3) is 0 Å². The number of halogens is 1. The molecular formula is C14H19ClN2O2. The van der Waals surface area contributed by atoms with Gasteiger partial charge < -0.3 is 15.4 Å². The molecule has 1 aromatic carbocycles. The van der Waals surface area contributed by atoms with Crippen LogP contribution in [0.15, 0.2) is 24.3 Å². The zero-order valence-corrected chi connectivity index (χ0v) is 11.7. The lowest BCUT2D eigenvalue weighted by atomic mass is 10.1. The van der Waals surface area contributed by atoms with Crippen molar-refractivity contribution >= 4 is 17.5 Å². The number of carbonyl (C=O) groups is 1. The van der Waals surface area contributed by atoms with Crippen molar-refractivity contribution in [2.45, 2.75) is 25.0 Å². The van der Waals surface area contributed by atoms with Gasteiger partial charge in [-0.05, 0) is 37.1 Å². The summed E-state index contributed by atoms with van der Waals surface area (Å²) in [5, 5.41) is 6.77. The summed E-state index contributed by atoms with van der Waals surface area (Å²) in [4.78, 5) is 11.9. The lowest BCUT2D eigenvalue weighted by Crippen LogP contribution is -2.42. The number of rotatable bonds is 5. The summed E-state index contributed by atoms with van der Waals surface area (Å²) in [7, 11) is 1.63. The van der Waals surface area contributed by atoms with Crippen LogP contribution in [0.1, 0.15) is 24.5 Å². The van der Waals surface area contributed by atoms with Crippen molar-refractivity contribution < 1.29 is 9.53 Å². The molecule has 1 heterocycles. The normalized spacial score (nSPS) is 20.2. The lowest BCUT2D eigenvalue weighted by Gasteiger charge is -2.18. The van der Waals surface area contributed by atoms with Gasteiger partial charge in [0.15, 0.2) is 0 Å². The van der Waals surface area contributed by atoms with E-state index in [1.54, 1.807) is 7.11 Å². The zero-order chi connectivity index (χ0) is 13.7. The highest BCUT2D eigenvalue weighted by Crippen LogP contribution is 2.19. The summed E-state index contributed by atoms with van der Waals surface area (Å²) < 4.78 is 5.41. The predicted molar refractivity (Wildman–Crippen MR) is 75.2 cm³/mol. The predicted octanol–water partition coefficient (Wildman–Crippen LogP) is 1.90. The summed E-state index contributed by atoms with van der Waals surface area (Å²) in [6.45, 7) is 1.37. The summed E-state index contributed by atoms with van der Waals surface area (Å²) >= 11 is 5.96. The van der Waals surface area contributed by atoms with Crippen molar-refractivity contribution in [1.82, 2.24) is 10.6 Å². The third-order valence-corrected chi connectivity index (χ3v) is 3.58. The molecule has 1 aromatic rings. The highest BCUT2D eigenvalue weighted by atomic mass is 35.5. The minimum atomic E-state index is -0.177. The average Bonchev–Trinajstić information content (AvgIpc) is 2.93. The van der Waals surface area contributed by atoms with Crippen molar-refractivity contribution in [2.75, 3.05) is 20.2 Å². The van der Waals surface area contributed by atoms with Crippen molar-refractivity contribution in [3.8, 4) is 0 Å².